The van der Waals surface area contributed by atoms with Crippen LogP contribution in [-0.2, 0) is 19.9 Å². The Morgan fingerprint density at radius 2 is 1.70 bits per heavy atom. The number of ether oxygens (including phenoxy) is 1. The lowest BCUT2D eigenvalue weighted by Crippen LogP contribution is -2.23. The van der Waals surface area contributed by atoms with Gasteiger partial charge in [-0.2, -0.15) is 0 Å². The van der Waals surface area contributed by atoms with Crippen molar-refractivity contribution in [2.45, 2.75) is 33.6 Å². The summed E-state index contributed by atoms with van der Waals surface area (Å²) in [5, 5.41) is 10.9. The number of nitrogens with two attached hydrogens (primary N) is 1. The van der Waals surface area contributed by atoms with Crippen molar-refractivity contribution in [3.8, 4) is 11.5 Å². The molecule has 0 saturated carbocycles. The minimum Gasteiger partial charge on any atom is -0.507 e. The number of anilines is 1. The summed E-state index contributed by atoms with van der Waals surface area (Å²) in [6.07, 6.45) is 1.36. The zero-order valence-corrected chi connectivity index (χ0v) is 16.5. The Balaban J connectivity index is 2.07. The number of fused-ring (bicyclic) bond motifs is 1. The fourth-order valence-electron chi connectivity index (χ4n) is 3.73. The summed E-state index contributed by atoms with van der Waals surface area (Å²) >= 11 is 0. The molecule has 0 bridgehead atoms. The Morgan fingerprint density at radius 3 is 2.30 bits per heavy atom. The molecule has 5 nitrogen and oxygen atoms in total. The Morgan fingerprint density at radius 1 is 1.07 bits per heavy atom. The molecule has 3 aromatic rings. The Bertz CT molecular complexity index is 1070. The predicted octanol–water partition coefficient (Wildman–Crippen LogP) is 3.55. The lowest BCUT2D eigenvalue weighted by molar-refractivity contribution is 0.417. The van der Waals surface area contributed by atoms with Crippen LogP contribution in [0.15, 0.2) is 29.1 Å². The number of benzene rings is 2. The summed E-state index contributed by atoms with van der Waals surface area (Å²) in [7, 11) is 3.36. The highest BCUT2D eigenvalue weighted by atomic mass is 16.5. The second-order valence-electron chi connectivity index (χ2n) is 7.16. The van der Waals surface area contributed by atoms with Gasteiger partial charge in [-0.25, -0.2) is 0 Å². The van der Waals surface area contributed by atoms with Gasteiger partial charge in [-0.3, -0.25) is 4.79 Å². The number of aryl methyl sites for hydroxylation is 5. The van der Waals surface area contributed by atoms with Gasteiger partial charge in [-0.1, -0.05) is 12.1 Å². The van der Waals surface area contributed by atoms with E-state index in [0.717, 1.165) is 45.1 Å². The van der Waals surface area contributed by atoms with E-state index in [0.29, 0.717) is 23.6 Å². The van der Waals surface area contributed by atoms with E-state index in [4.69, 9.17) is 10.5 Å². The van der Waals surface area contributed by atoms with Crippen LogP contribution in [0.1, 0.15) is 27.8 Å². The molecule has 3 N–H and O–H groups in total. The van der Waals surface area contributed by atoms with Crippen LogP contribution < -0.4 is 16.0 Å². The van der Waals surface area contributed by atoms with Crippen molar-refractivity contribution < 1.29 is 9.84 Å². The van der Waals surface area contributed by atoms with Crippen LogP contribution in [0.3, 0.4) is 0 Å². The van der Waals surface area contributed by atoms with Gasteiger partial charge in [0.15, 0.2) is 0 Å². The van der Waals surface area contributed by atoms with Gasteiger partial charge in [0, 0.05) is 18.0 Å². The molecule has 0 unspecified atom stereocenters. The summed E-state index contributed by atoms with van der Waals surface area (Å²) in [6.45, 7) is 5.76. The molecule has 0 fully saturated rings. The molecule has 0 atom stereocenters. The first-order valence-corrected chi connectivity index (χ1v) is 8.99. The zero-order valence-electron chi connectivity index (χ0n) is 16.5. The molecular weight excluding hydrogens is 340 g/mol. The average molecular weight is 366 g/mol. The highest BCUT2D eigenvalue weighted by Gasteiger charge is 2.15. The molecule has 1 aromatic heterocycles. The third-order valence-electron chi connectivity index (χ3n) is 5.34. The number of pyridine rings is 1. The van der Waals surface area contributed by atoms with E-state index < -0.39 is 0 Å². The molecule has 0 aliphatic heterocycles. The van der Waals surface area contributed by atoms with Crippen molar-refractivity contribution in [1.29, 1.82) is 0 Å². The first-order chi connectivity index (χ1) is 12.7. The standard InChI is InChI=1S/C22H26N2O3/c1-12-8-15(9-13(2)21(12)25)6-7-16-14(3)17-10-20(27-5)18(23)11-19(17)24(4)22(16)26/h8-11,25H,6-7,23H2,1-5H3. The smallest absolute Gasteiger partial charge is 0.254 e. The van der Waals surface area contributed by atoms with Crippen molar-refractivity contribution >= 4 is 16.6 Å². The molecule has 0 amide bonds. The number of nitrogen functional groups attached to an aromatic ring is 1. The molecule has 0 spiro atoms. The van der Waals surface area contributed by atoms with E-state index in [1.807, 2.05) is 39.0 Å². The predicted molar refractivity (Wildman–Crippen MR) is 110 cm³/mol. The number of aromatic hydroxyl groups is 1. The largest absolute Gasteiger partial charge is 0.507 e. The third-order valence-corrected chi connectivity index (χ3v) is 5.34. The van der Waals surface area contributed by atoms with Gasteiger partial charge in [-0.15, -0.1) is 0 Å². The van der Waals surface area contributed by atoms with Crippen molar-refractivity contribution in [2.75, 3.05) is 12.8 Å². The van der Waals surface area contributed by atoms with Gasteiger partial charge in [-0.05, 0) is 68.0 Å². The minimum absolute atomic E-state index is 0.00297. The van der Waals surface area contributed by atoms with Gasteiger partial charge >= 0.3 is 0 Å². The summed E-state index contributed by atoms with van der Waals surface area (Å²) in [5.74, 6) is 0.946. The number of aromatic nitrogens is 1. The fraction of sp³-hybridized carbons (Fsp3) is 0.318. The molecule has 2 aromatic carbocycles. The molecule has 0 radical (unpaired) electrons. The van der Waals surface area contributed by atoms with Crippen LogP contribution in [0, 0.1) is 20.8 Å². The van der Waals surface area contributed by atoms with Gasteiger partial charge in [0.2, 0.25) is 0 Å². The number of phenols is 1. The highest BCUT2D eigenvalue weighted by molar-refractivity contribution is 5.88. The van der Waals surface area contributed by atoms with E-state index in [9.17, 15) is 9.90 Å². The molecular formula is C22H26N2O3. The second kappa shape index (κ2) is 6.99. The van der Waals surface area contributed by atoms with Crippen LogP contribution in [-0.4, -0.2) is 16.8 Å². The van der Waals surface area contributed by atoms with Crippen molar-refractivity contribution in [1.82, 2.24) is 4.57 Å². The van der Waals surface area contributed by atoms with Crippen LogP contribution in [0.2, 0.25) is 0 Å². The van der Waals surface area contributed by atoms with Crippen LogP contribution >= 0.6 is 0 Å². The first-order valence-electron chi connectivity index (χ1n) is 8.99. The van der Waals surface area contributed by atoms with Crippen LogP contribution in [0.25, 0.3) is 10.9 Å². The van der Waals surface area contributed by atoms with E-state index in [2.05, 4.69) is 0 Å². The van der Waals surface area contributed by atoms with Crippen LogP contribution in [0.5, 0.6) is 11.5 Å². The lowest BCUT2D eigenvalue weighted by atomic mass is 9.96. The molecule has 0 saturated heterocycles. The topological polar surface area (TPSA) is 77.5 Å². The highest BCUT2D eigenvalue weighted by Crippen LogP contribution is 2.30. The normalized spacial score (nSPS) is 11.1. The molecule has 0 aliphatic rings. The van der Waals surface area contributed by atoms with E-state index in [1.165, 1.54) is 0 Å². The zero-order chi connectivity index (χ0) is 19.9. The van der Waals surface area contributed by atoms with E-state index >= 15 is 0 Å². The summed E-state index contributed by atoms with van der Waals surface area (Å²) in [5.41, 5.74) is 11.9. The number of rotatable bonds is 4. The Kier molecular flexibility index (Phi) is 4.87. The SMILES string of the molecule is COc1cc2c(C)c(CCc3cc(C)c(O)c(C)c3)c(=O)n(C)c2cc1N. The molecule has 0 aliphatic carbocycles. The number of hydrogen-bond donors (Lipinski definition) is 2. The lowest BCUT2D eigenvalue weighted by Gasteiger charge is -2.16. The fourth-order valence-corrected chi connectivity index (χ4v) is 3.73. The Hall–Kier alpha value is -2.95. The quantitative estimate of drug-likeness (QED) is 0.692. The minimum atomic E-state index is -0.00297. The summed E-state index contributed by atoms with van der Waals surface area (Å²) in [6, 6.07) is 7.65. The molecule has 27 heavy (non-hydrogen) atoms. The molecule has 5 heteroatoms. The maximum Gasteiger partial charge on any atom is 0.254 e. The molecule has 1 heterocycles. The van der Waals surface area contributed by atoms with Gasteiger partial charge in [0.25, 0.3) is 5.56 Å². The van der Waals surface area contributed by atoms with E-state index in [1.54, 1.807) is 24.8 Å². The number of phenolic OH excluding ortho intramolecular Hbond substituents is 1. The molecule has 3 rings (SSSR count). The van der Waals surface area contributed by atoms with E-state index in [-0.39, 0.29) is 5.56 Å². The monoisotopic (exact) mass is 366 g/mol. The second-order valence-corrected chi connectivity index (χ2v) is 7.16. The average Bonchev–Trinajstić information content (AvgIpc) is 2.63. The number of nitrogens with zero attached hydrogens (tertiary/aromatic N) is 1. The maximum absolute atomic E-state index is 12.9. The maximum atomic E-state index is 12.9. The van der Waals surface area contributed by atoms with Gasteiger partial charge in [0.1, 0.15) is 11.5 Å². The number of hydrogen-bond acceptors (Lipinski definition) is 4. The Labute approximate surface area is 159 Å². The summed E-state index contributed by atoms with van der Waals surface area (Å²) in [4.78, 5) is 12.9. The molecule has 142 valence electrons. The first kappa shape index (κ1) is 18.8. The number of methoxy groups -OCH3 is 1. The summed E-state index contributed by atoms with van der Waals surface area (Å²) < 4.78 is 7.00. The van der Waals surface area contributed by atoms with Crippen molar-refractivity contribution in [2.24, 2.45) is 7.05 Å². The van der Waals surface area contributed by atoms with Crippen molar-refractivity contribution in [3.05, 3.63) is 62.4 Å². The van der Waals surface area contributed by atoms with Crippen molar-refractivity contribution in [3.63, 3.8) is 0 Å². The van der Waals surface area contributed by atoms with Crippen LogP contribution in [0.4, 0.5) is 5.69 Å². The van der Waals surface area contributed by atoms with Gasteiger partial charge in [0.05, 0.1) is 18.3 Å². The van der Waals surface area contributed by atoms with Gasteiger partial charge < -0.3 is 20.1 Å². The third kappa shape index (κ3) is 3.25.